The smallest absolute Gasteiger partial charge is 0.155 e. The molecule has 1 aliphatic carbocycles. The van der Waals surface area contributed by atoms with Crippen LogP contribution in [-0.4, -0.2) is 26.3 Å². The van der Waals surface area contributed by atoms with Crippen LogP contribution in [0, 0.1) is 5.41 Å². The van der Waals surface area contributed by atoms with Crippen LogP contribution in [0.15, 0.2) is 31.0 Å². The molecule has 2 heterocycles. The molecule has 0 bridgehead atoms. The summed E-state index contributed by atoms with van der Waals surface area (Å²) >= 11 is 0. The molecule has 2 N–H and O–H groups in total. The van der Waals surface area contributed by atoms with Crippen LogP contribution in [0.5, 0.6) is 0 Å². The topological polar surface area (TPSA) is 69.6 Å². The van der Waals surface area contributed by atoms with Crippen LogP contribution in [-0.2, 0) is 5.41 Å². The van der Waals surface area contributed by atoms with Gasteiger partial charge in [0, 0.05) is 18.2 Å². The Morgan fingerprint density at radius 1 is 1.39 bits per heavy atom. The highest BCUT2D eigenvalue weighted by Gasteiger charge is 2.61. The Balaban J connectivity index is 1.93. The fourth-order valence-corrected chi connectivity index (χ4v) is 2.80. The van der Waals surface area contributed by atoms with Gasteiger partial charge in [0.25, 0.3) is 0 Å². The molecule has 5 nitrogen and oxygen atoms in total. The lowest BCUT2D eigenvalue weighted by molar-refractivity contribution is 0.501. The molecule has 0 saturated heterocycles. The van der Waals surface area contributed by atoms with Crippen molar-refractivity contribution in [2.24, 2.45) is 11.1 Å². The van der Waals surface area contributed by atoms with Crippen LogP contribution in [0.4, 0.5) is 0 Å². The Morgan fingerprint density at radius 2 is 2.17 bits per heavy atom. The highest BCUT2D eigenvalue weighted by atomic mass is 15.3. The fraction of sp³-hybridized carbons (Fsp3) is 0.462. The fourth-order valence-electron chi connectivity index (χ4n) is 2.80. The summed E-state index contributed by atoms with van der Waals surface area (Å²) < 4.78 is 1.65. The van der Waals surface area contributed by atoms with Gasteiger partial charge in [0.05, 0.1) is 0 Å². The summed E-state index contributed by atoms with van der Waals surface area (Å²) in [5.41, 5.74) is 7.55. The van der Waals surface area contributed by atoms with Crippen molar-refractivity contribution < 1.29 is 0 Å². The van der Waals surface area contributed by atoms with E-state index in [9.17, 15) is 0 Å². The molecule has 0 radical (unpaired) electrons. The highest BCUT2D eigenvalue weighted by Crippen LogP contribution is 2.63. The van der Waals surface area contributed by atoms with E-state index in [-0.39, 0.29) is 10.8 Å². The van der Waals surface area contributed by atoms with Crippen LogP contribution in [0.25, 0.3) is 5.82 Å². The molecule has 0 amide bonds. The number of hydrogen-bond acceptors (Lipinski definition) is 4. The van der Waals surface area contributed by atoms with E-state index in [1.807, 2.05) is 12.3 Å². The van der Waals surface area contributed by atoms with E-state index in [0.29, 0.717) is 6.54 Å². The van der Waals surface area contributed by atoms with Crippen molar-refractivity contribution in [3.63, 3.8) is 0 Å². The van der Waals surface area contributed by atoms with Crippen molar-refractivity contribution in [2.75, 3.05) is 6.54 Å². The van der Waals surface area contributed by atoms with Gasteiger partial charge in [-0.15, -0.1) is 0 Å². The number of rotatable bonds is 3. The molecular formula is C13H17N5. The summed E-state index contributed by atoms with van der Waals surface area (Å²) in [5.74, 6) is 0.780. The monoisotopic (exact) mass is 243 g/mol. The summed E-state index contributed by atoms with van der Waals surface area (Å²) in [6, 6.07) is 4.07. The van der Waals surface area contributed by atoms with Crippen molar-refractivity contribution in [3.8, 4) is 5.82 Å². The van der Waals surface area contributed by atoms with Gasteiger partial charge in [0.1, 0.15) is 12.7 Å². The first-order chi connectivity index (χ1) is 8.59. The molecule has 0 spiro atoms. The van der Waals surface area contributed by atoms with Crippen LogP contribution in [0.3, 0.4) is 0 Å². The SMILES string of the molecule is CC1(C)CC1(CN)c1ccc(-n2cncn2)nc1. The Labute approximate surface area is 106 Å². The molecule has 18 heavy (non-hydrogen) atoms. The molecule has 94 valence electrons. The lowest BCUT2D eigenvalue weighted by Gasteiger charge is -2.18. The van der Waals surface area contributed by atoms with Crippen LogP contribution in [0.2, 0.25) is 0 Å². The Morgan fingerprint density at radius 3 is 2.61 bits per heavy atom. The second-order valence-corrected chi connectivity index (χ2v) is 5.59. The highest BCUT2D eigenvalue weighted by molar-refractivity contribution is 5.38. The third-order valence-electron chi connectivity index (χ3n) is 4.22. The van der Waals surface area contributed by atoms with Crippen molar-refractivity contribution >= 4 is 0 Å². The van der Waals surface area contributed by atoms with E-state index in [0.717, 1.165) is 12.2 Å². The predicted molar refractivity (Wildman–Crippen MR) is 68.3 cm³/mol. The first-order valence-electron chi connectivity index (χ1n) is 6.11. The maximum Gasteiger partial charge on any atom is 0.155 e. The van der Waals surface area contributed by atoms with Gasteiger partial charge in [-0.05, 0) is 23.5 Å². The molecule has 3 rings (SSSR count). The molecule has 1 aliphatic rings. The average Bonchev–Trinajstić information content (AvgIpc) is 2.78. The Bertz CT molecular complexity index is 543. The van der Waals surface area contributed by atoms with Gasteiger partial charge >= 0.3 is 0 Å². The molecule has 1 saturated carbocycles. The van der Waals surface area contributed by atoms with Crippen molar-refractivity contribution in [2.45, 2.75) is 25.7 Å². The van der Waals surface area contributed by atoms with E-state index in [2.05, 4.69) is 35.0 Å². The minimum Gasteiger partial charge on any atom is -0.330 e. The third kappa shape index (κ3) is 1.47. The van der Waals surface area contributed by atoms with Gasteiger partial charge in [-0.2, -0.15) is 5.10 Å². The van der Waals surface area contributed by atoms with Crippen molar-refractivity contribution in [1.82, 2.24) is 19.7 Å². The van der Waals surface area contributed by atoms with Gasteiger partial charge in [0.2, 0.25) is 0 Å². The lowest BCUT2D eigenvalue weighted by Crippen LogP contribution is -2.25. The van der Waals surface area contributed by atoms with E-state index >= 15 is 0 Å². The van der Waals surface area contributed by atoms with E-state index < -0.39 is 0 Å². The summed E-state index contributed by atoms with van der Waals surface area (Å²) in [4.78, 5) is 8.36. The zero-order valence-electron chi connectivity index (χ0n) is 10.7. The first kappa shape index (κ1) is 11.3. The van der Waals surface area contributed by atoms with Gasteiger partial charge in [-0.25, -0.2) is 14.6 Å². The van der Waals surface area contributed by atoms with Crippen molar-refractivity contribution in [3.05, 3.63) is 36.5 Å². The average molecular weight is 243 g/mol. The number of nitrogens with zero attached hydrogens (tertiary/aromatic N) is 4. The molecule has 0 aliphatic heterocycles. The standard InChI is InChI=1S/C13H17N5/c1-12(2)6-13(12,7-14)10-3-4-11(16-5-10)18-9-15-8-17-18/h3-5,8-9H,6-7,14H2,1-2H3. The largest absolute Gasteiger partial charge is 0.330 e. The van der Waals surface area contributed by atoms with Crippen LogP contribution < -0.4 is 5.73 Å². The zero-order chi connectivity index (χ0) is 12.8. The quantitative estimate of drug-likeness (QED) is 0.881. The van der Waals surface area contributed by atoms with Gasteiger partial charge in [-0.1, -0.05) is 19.9 Å². The Hall–Kier alpha value is -1.75. The van der Waals surface area contributed by atoms with E-state index in [1.54, 1.807) is 11.0 Å². The second kappa shape index (κ2) is 3.62. The molecule has 2 aromatic heterocycles. The number of pyridine rings is 1. The van der Waals surface area contributed by atoms with Gasteiger partial charge in [-0.3, -0.25) is 0 Å². The third-order valence-corrected chi connectivity index (χ3v) is 4.22. The predicted octanol–water partition coefficient (Wildman–Crippen LogP) is 1.29. The number of aromatic nitrogens is 4. The minimum absolute atomic E-state index is 0.0981. The molecule has 0 aromatic carbocycles. The second-order valence-electron chi connectivity index (χ2n) is 5.59. The molecule has 1 unspecified atom stereocenters. The zero-order valence-corrected chi connectivity index (χ0v) is 10.7. The summed E-state index contributed by atoms with van der Waals surface area (Å²) in [6.45, 7) is 5.18. The molecule has 1 atom stereocenters. The molecule has 5 heteroatoms. The lowest BCUT2D eigenvalue weighted by atomic mass is 9.89. The summed E-state index contributed by atoms with van der Waals surface area (Å²) in [7, 11) is 0. The Kier molecular flexibility index (Phi) is 2.28. The van der Waals surface area contributed by atoms with Crippen molar-refractivity contribution in [1.29, 1.82) is 0 Å². The maximum absolute atomic E-state index is 5.95. The molecule has 2 aromatic rings. The minimum atomic E-state index is 0.0981. The number of nitrogens with two attached hydrogens (primary N) is 1. The van der Waals surface area contributed by atoms with E-state index in [1.165, 1.54) is 11.9 Å². The van der Waals surface area contributed by atoms with Crippen LogP contribution >= 0.6 is 0 Å². The number of hydrogen-bond donors (Lipinski definition) is 1. The van der Waals surface area contributed by atoms with E-state index in [4.69, 9.17) is 5.73 Å². The van der Waals surface area contributed by atoms with Gasteiger partial charge in [0.15, 0.2) is 5.82 Å². The first-order valence-corrected chi connectivity index (χ1v) is 6.11. The summed E-state index contributed by atoms with van der Waals surface area (Å²) in [5, 5.41) is 4.06. The molecule has 1 fully saturated rings. The maximum atomic E-state index is 5.95. The van der Waals surface area contributed by atoms with Gasteiger partial charge < -0.3 is 5.73 Å². The molecular weight excluding hydrogens is 226 g/mol. The summed E-state index contributed by atoms with van der Waals surface area (Å²) in [6.07, 6.45) is 6.18. The normalized spacial score (nSPS) is 25.1. The van der Waals surface area contributed by atoms with Crippen LogP contribution in [0.1, 0.15) is 25.8 Å².